The molecule has 1 atom stereocenters. The molecule has 0 saturated carbocycles. The molecule has 0 aliphatic rings. The van der Waals surface area contributed by atoms with E-state index in [1.54, 1.807) is 0 Å². The molecule has 0 rings (SSSR count). The van der Waals surface area contributed by atoms with E-state index in [4.69, 9.17) is 9.47 Å². The van der Waals surface area contributed by atoms with Gasteiger partial charge in [0.15, 0.2) is 0 Å². The van der Waals surface area contributed by atoms with Gasteiger partial charge in [-0.2, -0.15) is 0 Å². The van der Waals surface area contributed by atoms with E-state index in [0.29, 0.717) is 13.2 Å². The Hall–Kier alpha value is -0.120. The smallest absolute Gasteiger partial charge is 0.0776 e. The normalized spacial score (nSPS) is 15.2. The summed E-state index contributed by atoms with van der Waals surface area (Å²) < 4.78 is 11.3. The molecule has 0 aliphatic heterocycles. The van der Waals surface area contributed by atoms with Crippen LogP contribution in [0.25, 0.3) is 0 Å². The predicted octanol–water partition coefficient (Wildman–Crippen LogP) is 2.21. The summed E-state index contributed by atoms with van der Waals surface area (Å²) in [5.74, 6) is 0. The van der Waals surface area contributed by atoms with Crippen LogP contribution in [0.15, 0.2) is 0 Å². The van der Waals surface area contributed by atoms with Crippen LogP contribution >= 0.6 is 0 Å². The average Bonchev–Trinajstić information content (AvgIpc) is 2.24. The molecule has 15 heavy (non-hydrogen) atoms. The molecule has 0 fully saturated rings. The summed E-state index contributed by atoms with van der Waals surface area (Å²) in [7, 11) is 1.95. The van der Waals surface area contributed by atoms with Gasteiger partial charge in [-0.15, -0.1) is 0 Å². The SMILES string of the molecule is CCCCOCCOC(C)(CC)CNC. The summed E-state index contributed by atoms with van der Waals surface area (Å²) in [6.07, 6.45) is 3.34. The van der Waals surface area contributed by atoms with Crippen molar-refractivity contribution in [1.82, 2.24) is 5.32 Å². The van der Waals surface area contributed by atoms with Crippen molar-refractivity contribution in [3.8, 4) is 0 Å². The van der Waals surface area contributed by atoms with Crippen LogP contribution in [0.4, 0.5) is 0 Å². The molecule has 0 spiro atoms. The van der Waals surface area contributed by atoms with Gasteiger partial charge in [-0.05, 0) is 26.8 Å². The summed E-state index contributed by atoms with van der Waals surface area (Å²) in [6, 6.07) is 0. The van der Waals surface area contributed by atoms with Gasteiger partial charge >= 0.3 is 0 Å². The molecule has 0 heterocycles. The minimum absolute atomic E-state index is 0.0527. The Morgan fingerprint density at radius 1 is 1.13 bits per heavy atom. The highest BCUT2D eigenvalue weighted by molar-refractivity contribution is 4.75. The van der Waals surface area contributed by atoms with E-state index >= 15 is 0 Å². The lowest BCUT2D eigenvalue weighted by molar-refractivity contribution is -0.0569. The quantitative estimate of drug-likeness (QED) is 0.569. The Morgan fingerprint density at radius 2 is 1.87 bits per heavy atom. The summed E-state index contributed by atoms with van der Waals surface area (Å²) in [4.78, 5) is 0. The Balaban J connectivity index is 3.46. The van der Waals surface area contributed by atoms with Crippen molar-refractivity contribution in [2.75, 3.05) is 33.4 Å². The van der Waals surface area contributed by atoms with Crippen LogP contribution in [0, 0.1) is 0 Å². The Labute approximate surface area is 94.5 Å². The third-order valence-corrected chi connectivity index (χ3v) is 2.62. The Bertz CT molecular complexity index is 142. The van der Waals surface area contributed by atoms with Crippen molar-refractivity contribution in [3.63, 3.8) is 0 Å². The molecule has 0 amide bonds. The molecular weight excluding hydrogens is 190 g/mol. The number of hydrogen-bond donors (Lipinski definition) is 1. The second-order valence-electron chi connectivity index (χ2n) is 4.15. The first-order valence-electron chi connectivity index (χ1n) is 6.05. The van der Waals surface area contributed by atoms with E-state index < -0.39 is 0 Å². The minimum Gasteiger partial charge on any atom is -0.379 e. The van der Waals surface area contributed by atoms with E-state index in [9.17, 15) is 0 Å². The molecule has 0 aliphatic carbocycles. The second-order valence-corrected chi connectivity index (χ2v) is 4.15. The molecule has 1 N–H and O–H groups in total. The third-order valence-electron chi connectivity index (χ3n) is 2.62. The highest BCUT2D eigenvalue weighted by Gasteiger charge is 2.21. The van der Waals surface area contributed by atoms with E-state index in [-0.39, 0.29) is 5.60 Å². The van der Waals surface area contributed by atoms with Crippen LogP contribution < -0.4 is 5.32 Å². The molecular formula is C12H27NO2. The van der Waals surface area contributed by atoms with E-state index in [1.807, 2.05) is 7.05 Å². The van der Waals surface area contributed by atoms with Gasteiger partial charge < -0.3 is 14.8 Å². The number of unbranched alkanes of at least 4 members (excludes halogenated alkanes) is 1. The maximum Gasteiger partial charge on any atom is 0.0776 e. The number of likely N-dealkylation sites (N-methyl/N-ethyl adjacent to an activating group) is 1. The number of hydrogen-bond acceptors (Lipinski definition) is 3. The predicted molar refractivity (Wildman–Crippen MR) is 64.3 cm³/mol. The number of rotatable bonds is 10. The molecule has 92 valence electrons. The molecule has 3 heteroatoms. The monoisotopic (exact) mass is 217 g/mol. The maximum atomic E-state index is 5.81. The van der Waals surface area contributed by atoms with Crippen LogP contribution in [-0.4, -0.2) is 39.0 Å². The van der Waals surface area contributed by atoms with Crippen LogP contribution in [0.2, 0.25) is 0 Å². The van der Waals surface area contributed by atoms with Gasteiger partial charge in [0.05, 0.1) is 18.8 Å². The highest BCUT2D eigenvalue weighted by Crippen LogP contribution is 2.13. The lowest BCUT2D eigenvalue weighted by atomic mass is 10.0. The topological polar surface area (TPSA) is 30.5 Å². The molecule has 1 unspecified atom stereocenters. The van der Waals surface area contributed by atoms with Gasteiger partial charge in [0, 0.05) is 13.2 Å². The summed E-state index contributed by atoms with van der Waals surface area (Å²) >= 11 is 0. The zero-order valence-corrected chi connectivity index (χ0v) is 10.8. The lowest BCUT2D eigenvalue weighted by Gasteiger charge is -2.28. The molecule has 0 aromatic heterocycles. The van der Waals surface area contributed by atoms with Crippen molar-refractivity contribution >= 4 is 0 Å². The van der Waals surface area contributed by atoms with Crippen LogP contribution in [0.3, 0.4) is 0 Å². The van der Waals surface area contributed by atoms with E-state index in [0.717, 1.165) is 26.0 Å². The van der Waals surface area contributed by atoms with E-state index in [1.165, 1.54) is 6.42 Å². The van der Waals surface area contributed by atoms with Gasteiger partial charge in [0.1, 0.15) is 0 Å². The van der Waals surface area contributed by atoms with Crippen molar-refractivity contribution in [1.29, 1.82) is 0 Å². The van der Waals surface area contributed by atoms with Crippen molar-refractivity contribution in [2.45, 2.75) is 45.6 Å². The van der Waals surface area contributed by atoms with Crippen molar-refractivity contribution < 1.29 is 9.47 Å². The Kier molecular flexibility index (Phi) is 9.06. The maximum absolute atomic E-state index is 5.81. The number of ether oxygens (including phenoxy) is 2. The molecule has 0 bridgehead atoms. The summed E-state index contributed by atoms with van der Waals surface area (Å²) in [5.41, 5.74) is -0.0527. The van der Waals surface area contributed by atoms with Gasteiger partial charge in [-0.1, -0.05) is 20.3 Å². The largest absolute Gasteiger partial charge is 0.379 e. The molecule has 0 aromatic rings. The fourth-order valence-electron chi connectivity index (χ4n) is 1.35. The first kappa shape index (κ1) is 14.9. The fraction of sp³-hybridized carbons (Fsp3) is 1.00. The first-order chi connectivity index (χ1) is 7.18. The fourth-order valence-corrected chi connectivity index (χ4v) is 1.35. The van der Waals surface area contributed by atoms with Gasteiger partial charge in [0.2, 0.25) is 0 Å². The van der Waals surface area contributed by atoms with E-state index in [2.05, 4.69) is 26.1 Å². The Morgan fingerprint density at radius 3 is 2.40 bits per heavy atom. The molecule has 0 aromatic carbocycles. The molecule has 3 nitrogen and oxygen atoms in total. The third kappa shape index (κ3) is 7.77. The van der Waals surface area contributed by atoms with Gasteiger partial charge in [-0.25, -0.2) is 0 Å². The second kappa shape index (κ2) is 9.13. The number of nitrogens with one attached hydrogen (secondary N) is 1. The standard InChI is InChI=1S/C12H27NO2/c1-5-7-8-14-9-10-15-12(3,6-2)11-13-4/h13H,5-11H2,1-4H3. The first-order valence-corrected chi connectivity index (χ1v) is 6.05. The molecule has 0 radical (unpaired) electrons. The zero-order valence-electron chi connectivity index (χ0n) is 10.8. The minimum atomic E-state index is -0.0527. The van der Waals surface area contributed by atoms with Crippen LogP contribution in [0.1, 0.15) is 40.0 Å². The molecule has 0 saturated heterocycles. The van der Waals surface area contributed by atoms with Crippen molar-refractivity contribution in [3.05, 3.63) is 0 Å². The van der Waals surface area contributed by atoms with Gasteiger partial charge in [0.25, 0.3) is 0 Å². The van der Waals surface area contributed by atoms with Gasteiger partial charge in [-0.3, -0.25) is 0 Å². The average molecular weight is 217 g/mol. The van der Waals surface area contributed by atoms with Crippen LogP contribution in [0.5, 0.6) is 0 Å². The lowest BCUT2D eigenvalue weighted by Crippen LogP contribution is -2.39. The summed E-state index contributed by atoms with van der Waals surface area (Å²) in [5, 5.41) is 3.15. The summed E-state index contributed by atoms with van der Waals surface area (Å²) in [6.45, 7) is 9.59. The van der Waals surface area contributed by atoms with Crippen molar-refractivity contribution in [2.24, 2.45) is 0 Å². The zero-order chi connectivity index (χ0) is 11.6. The van der Waals surface area contributed by atoms with Crippen LogP contribution in [-0.2, 0) is 9.47 Å². The highest BCUT2D eigenvalue weighted by atomic mass is 16.5.